The summed E-state index contributed by atoms with van der Waals surface area (Å²) in [5.41, 5.74) is 0.786. The van der Waals surface area contributed by atoms with Gasteiger partial charge < -0.3 is 24.3 Å². The summed E-state index contributed by atoms with van der Waals surface area (Å²) < 4.78 is 11.0. The Labute approximate surface area is 131 Å². The molecule has 0 unspecified atom stereocenters. The number of benzene rings is 2. The number of aromatic hydroxyl groups is 2. The molecule has 0 spiro atoms. The van der Waals surface area contributed by atoms with Crippen molar-refractivity contribution in [1.29, 1.82) is 0 Å². The Hall–Kier alpha value is -2.73. The van der Waals surface area contributed by atoms with Crippen LogP contribution in [-0.2, 0) is 4.74 Å². The molecule has 0 bridgehead atoms. The first-order valence-corrected chi connectivity index (χ1v) is 7.39. The number of fused-ring (bicyclic) bond motifs is 2. The van der Waals surface area contributed by atoms with E-state index in [1.807, 2.05) is 0 Å². The van der Waals surface area contributed by atoms with E-state index >= 15 is 0 Å². The van der Waals surface area contributed by atoms with Crippen LogP contribution in [-0.4, -0.2) is 36.5 Å². The Kier molecular flexibility index (Phi) is 3.12. The van der Waals surface area contributed by atoms with Gasteiger partial charge in [-0.15, -0.1) is 0 Å². The summed E-state index contributed by atoms with van der Waals surface area (Å²) in [6.45, 7) is 2.63. The zero-order valence-corrected chi connectivity index (χ0v) is 12.3. The summed E-state index contributed by atoms with van der Waals surface area (Å²) in [5, 5.41) is 20.6. The van der Waals surface area contributed by atoms with E-state index in [9.17, 15) is 15.0 Å². The lowest BCUT2D eigenvalue weighted by Gasteiger charge is -2.29. The SMILES string of the molecule is O=c1c2cccc(O)c2oc2cc(N3CCOCC3)cc(O)c12. The minimum atomic E-state index is -0.358. The monoisotopic (exact) mass is 313 g/mol. The highest BCUT2D eigenvalue weighted by molar-refractivity contribution is 5.96. The molecule has 1 fully saturated rings. The molecule has 0 aliphatic carbocycles. The molecule has 6 heteroatoms. The zero-order valence-electron chi connectivity index (χ0n) is 12.3. The number of morpholine rings is 1. The van der Waals surface area contributed by atoms with Gasteiger partial charge in [0.1, 0.15) is 16.7 Å². The summed E-state index contributed by atoms with van der Waals surface area (Å²) in [7, 11) is 0. The topological polar surface area (TPSA) is 83.1 Å². The predicted octanol–water partition coefficient (Wildman–Crippen LogP) is 2.19. The molecule has 6 nitrogen and oxygen atoms in total. The second kappa shape index (κ2) is 5.17. The van der Waals surface area contributed by atoms with Gasteiger partial charge in [-0.05, 0) is 12.1 Å². The van der Waals surface area contributed by atoms with Crippen molar-refractivity contribution in [1.82, 2.24) is 0 Å². The lowest BCUT2D eigenvalue weighted by atomic mass is 10.1. The van der Waals surface area contributed by atoms with Crippen molar-refractivity contribution < 1.29 is 19.4 Å². The molecule has 1 saturated heterocycles. The molecule has 0 radical (unpaired) electrons. The number of anilines is 1. The van der Waals surface area contributed by atoms with E-state index < -0.39 is 0 Å². The maximum Gasteiger partial charge on any atom is 0.204 e. The van der Waals surface area contributed by atoms with Crippen LogP contribution in [0.2, 0.25) is 0 Å². The van der Waals surface area contributed by atoms with Crippen LogP contribution in [0.4, 0.5) is 5.69 Å². The molecule has 2 aromatic carbocycles. The Morgan fingerprint density at radius 3 is 2.61 bits per heavy atom. The van der Waals surface area contributed by atoms with E-state index in [4.69, 9.17) is 9.15 Å². The molecule has 1 aromatic heterocycles. The number of para-hydroxylation sites is 1. The Balaban J connectivity index is 2.00. The van der Waals surface area contributed by atoms with E-state index in [-0.39, 0.29) is 38.9 Å². The third-order valence-corrected chi connectivity index (χ3v) is 4.12. The van der Waals surface area contributed by atoms with Gasteiger partial charge in [-0.1, -0.05) is 6.07 Å². The maximum absolute atomic E-state index is 12.6. The number of rotatable bonds is 1. The summed E-state index contributed by atoms with van der Waals surface area (Å²) >= 11 is 0. The van der Waals surface area contributed by atoms with Crippen LogP contribution in [0.15, 0.2) is 39.5 Å². The molecule has 2 heterocycles. The molecular formula is C17H15NO5. The summed E-state index contributed by atoms with van der Waals surface area (Å²) in [5.74, 6) is -0.222. The highest BCUT2D eigenvalue weighted by Gasteiger charge is 2.18. The average molecular weight is 313 g/mol. The number of phenols is 2. The molecular weight excluding hydrogens is 298 g/mol. The number of hydrogen-bond donors (Lipinski definition) is 2. The first-order chi connectivity index (χ1) is 11.1. The predicted molar refractivity (Wildman–Crippen MR) is 86.4 cm³/mol. The first-order valence-electron chi connectivity index (χ1n) is 7.39. The maximum atomic E-state index is 12.6. The highest BCUT2D eigenvalue weighted by Crippen LogP contribution is 2.33. The largest absolute Gasteiger partial charge is 0.507 e. The quantitative estimate of drug-likeness (QED) is 0.670. The van der Waals surface area contributed by atoms with Gasteiger partial charge in [-0.2, -0.15) is 0 Å². The zero-order chi connectivity index (χ0) is 16.0. The van der Waals surface area contributed by atoms with Crippen LogP contribution in [0.3, 0.4) is 0 Å². The molecule has 0 saturated carbocycles. The second-order valence-electron chi connectivity index (χ2n) is 5.52. The molecule has 1 aliphatic heterocycles. The Morgan fingerprint density at radius 2 is 1.83 bits per heavy atom. The third kappa shape index (κ3) is 2.19. The van der Waals surface area contributed by atoms with Gasteiger partial charge >= 0.3 is 0 Å². The van der Waals surface area contributed by atoms with E-state index in [1.165, 1.54) is 6.07 Å². The van der Waals surface area contributed by atoms with Crippen LogP contribution in [0, 0.1) is 0 Å². The van der Waals surface area contributed by atoms with E-state index in [2.05, 4.69) is 4.90 Å². The molecule has 23 heavy (non-hydrogen) atoms. The van der Waals surface area contributed by atoms with Crippen LogP contribution < -0.4 is 10.3 Å². The van der Waals surface area contributed by atoms with Crippen molar-refractivity contribution in [3.63, 3.8) is 0 Å². The summed E-state index contributed by atoms with van der Waals surface area (Å²) in [4.78, 5) is 14.6. The van der Waals surface area contributed by atoms with Crippen molar-refractivity contribution in [2.45, 2.75) is 0 Å². The number of nitrogens with zero attached hydrogens (tertiary/aromatic N) is 1. The van der Waals surface area contributed by atoms with E-state index in [0.717, 1.165) is 5.69 Å². The lowest BCUT2D eigenvalue weighted by Crippen LogP contribution is -2.36. The normalized spacial score (nSPS) is 15.4. The van der Waals surface area contributed by atoms with Gasteiger partial charge in [-0.3, -0.25) is 4.79 Å². The molecule has 3 aromatic rings. The fourth-order valence-electron chi connectivity index (χ4n) is 2.95. The van der Waals surface area contributed by atoms with Crippen LogP contribution in [0.1, 0.15) is 0 Å². The fourth-order valence-corrected chi connectivity index (χ4v) is 2.95. The Morgan fingerprint density at radius 1 is 1.04 bits per heavy atom. The Bertz CT molecular complexity index is 956. The molecule has 118 valence electrons. The van der Waals surface area contributed by atoms with Crippen molar-refractivity contribution in [2.75, 3.05) is 31.2 Å². The van der Waals surface area contributed by atoms with Gasteiger partial charge in [0.2, 0.25) is 5.43 Å². The van der Waals surface area contributed by atoms with Gasteiger partial charge in [0.15, 0.2) is 11.3 Å². The van der Waals surface area contributed by atoms with Crippen LogP contribution >= 0.6 is 0 Å². The third-order valence-electron chi connectivity index (χ3n) is 4.12. The number of phenolic OH excluding ortho intramolecular Hbond substituents is 2. The van der Waals surface area contributed by atoms with Crippen molar-refractivity contribution in [3.8, 4) is 11.5 Å². The number of ether oxygens (including phenoxy) is 1. The minimum Gasteiger partial charge on any atom is -0.507 e. The van der Waals surface area contributed by atoms with Gasteiger partial charge in [0.05, 0.1) is 18.6 Å². The van der Waals surface area contributed by atoms with Crippen molar-refractivity contribution >= 4 is 27.6 Å². The van der Waals surface area contributed by atoms with Crippen LogP contribution in [0.25, 0.3) is 21.9 Å². The minimum absolute atomic E-state index is 0.0993. The van der Waals surface area contributed by atoms with E-state index in [0.29, 0.717) is 26.3 Å². The second-order valence-corrected chi connectivity index (χ2v) is 5.52. The highest BCUT2D eigenvalue weighted by atomic mass is 16.5. The summed E-state index contributed by atoms with van der Waals surface area (Å²) in [6, 6.07) is 7.88. The van der Waals surface area contributed by atoms with E-state index in [1.54, 1.807) is 24.3 Å². The summed E-state index contributed by atoms with van der Waals surface area (Å²) in [6.07, 6.45) is 0. The smallest absolute Gasteiger partial charge is 0.204 e. The fraction of sp³-hybridized carbons (Fsp3) is 0.235. The molecule has 4 rings (SSSR count). The van der Waals surface area contributed by atoms with Crippen molar-refractivity contribution in [3.05, 3.63) is 40.6 Å². The number of hydrogen-bond acceptors (Lipinski definition) is 6. The first kappa shape index (κ1) is 13.9. The van der Waals surface area contributed by atoms with Gasteiger partial charge in [-0.25, -0.2) is 0 Å². The van der Waals surface area contributed by atoms with Gasteiger partial charge in [0.25, 0.3) is 0 Å². The average Bonchev–Trinajstić information content (AvgIpc) is 2.56. The van der Waals surface area contributed by atoms with Gasteiger partial charge in [0, 0.05) is 30.9 Å². The molecule has 0 amide bonds. The molecule has 1 aliphatic rings. The molecule has 0 atom stereocenters. The standard InChI is InChI=1S/C17H15NO5/c19-12-3-1-2-11-16(21)15-13(20)8-10(9-14(15)23-17(11)12)18-4-6-22-7-5-18/h1-3,8-9,19-20H,4-7H2. The van der Waals surface area contributed by atoms with Crippen LogP contribution in [0.5, 0.6) is 11.5 Å². The van der Waals surface area contributed by atoms with Crippen molar-refractivity contribution in [2.24, 2.45) is 0 Å². The molecule has 2 N–H and O–H groups in total. The lowest BCUT2D eigenvalue weighted by molar-refractivity contribution is 0.122.